The van der Waals surface area contributed by atoms with E-state index in [0.717, 1.165) is 10.5 Å². The molecule has 1 saturated heterocycles. The molecule has 0 saturated carbocycles. The van der Waals surface area contributed by atoms with Crippen molar-refractivity contribution in [2.45, 2.75) is 18.8 Å². The number of aromatic nitrogens is 2. The Morgan fingerprint density at radius 2 is 2.19 bits per heavy atom. The molecule has 0 bridgehead atoms. The number of rotatable bonds is 1. The monoisotopic (exact) mass is 252 g/mol. The van der Waals surface area contributed by atoms with Crippen molar-refractivity contribution in [2.75, 3.05) is 11.5 Å². The van der Waals surface area contributed by atoms with Crippen LogP contribution in [-0.4, -0.2) is 20.9 Å². The average molecular weight is 253 g/mol. The average Bonchev–Trinajstić information content (AvgIpc) is 2.73. The van der Waals surface area contributed by atoms with Crippen LogP contribution in [0.3, 0.4) is 0 Å². The Morgan fingerprint density at radius 3 is 3.00 bits per heavy atom. The van der Waals surface area contributed by atoms with Crippen LogP contribution >= 0.6 is 23.4 Å². The van der Waals surface area contributed by atoms with Gasteiger partial charge in [-0.3, -0.25) is 0 Å². The van der Waals surface area contributed by atoms with Gasteiger partial charge in [-0.2, -0.15) is 11.8 Å². The van der Waals surface area contributed by atoms with Crippen molar-refractivity contribution < 1.29 is 0 Å². The summed E-state index contributed by atoms with van der Waals surface area (Å²) in [7, 11) is 0. The molecule has 0 aromatic carbocycles. The van der Waals surface area contributed by atoms with Crippen LogP contribution in [-0.2, 0) is 0 Å². The maximum atomic E-state index is 5.97. The van der Waals surface area contributed by atoms with E-state index in [1.165, 1.54) is 30.2 Å². The van der Waals surface area contributed by atoms with Gasteiger partial charge in [0.15, 0.2) is 0 Å². The van der Waals surface area contributed by atoms with Gasteiger partial charge in [-0.25, -0.2) is 4.98 Å². The van der Waals surface area contributed by atoms with Gasteiger partial charge in [0.1, 0.15) is 5.82 Å². The molecular weight excluding hydrogens is 240 g/mol. The minimum Gasteiger partial charge on any atom is -0.303 e. The van der Waals surface area contributed by atoms with Gasteiger partial charge < -0.3 is 4.40 Å². The summed E-state index contributed by atoms with van der Waals surface area (Å²) in [6.07, 6.45) is 6.43. The molecule has 0 amide bonds. The van der Waals surface area contributed by atoms with Crippen molar-refractivity contribution >= 4 is 28.9 Å². The van der Waals surface area contributed by atoms with E-state index in [1.807, 2.05) is 36.3 Å². The van der Waals surface area contributed by atoms with Crippen molar-refractivity contribution in [2.24, 2.45) is 0 Å². The van der Waals surface area contributed by atoms with Crippen LogP contribution in [0.4, 0.5) is 0 Å². The van der Waals surface area contributed by atoms with Gasteiger partial charge in [0.2, 0.25) is 0 Å². The van der Waals surface area contributed by atoms with Gasteiger partial charge in [0, 0.05) is 17.1 Å². The molecule has 0 atom stereocenters. The molecule has 0 unspecified atom stereocenters. The predicted octanol–water partition coefficient (Wildman–Crippen LogP) is 3.60. The van der Waals surface area contributed by atoms with Gasteiger partial charge >= 0.3 is 0 Å². The lowest BCUT2D eigenvalue weighted by Crippen LogP contribution is -2.11. The number of nitrogens with zero attached hydrogens (tertiary/aromatic N) is 2. The van der Waals surface area contributed by atoms with Crippen molar-refractivity contribution in [3.05, 3.63) is 35.4 Å². The maximum absolute atomic E-state index is 5.97. The fraction of sp³-hybridized carbons (Fsp3) is 0.417. The Bertz CT molecular complexity index is 503. The minimum absolute atomic E-state index is 0.616. The summed E-state index contributed by atoms with van der Waals surface area (Å²) >= 11 is 8.01. The molecule has 2 nitrogen and oxygen atoms in total. The van der Waals surface area contributed by atoms with Gasteiger partial charge in [-0.1, -0.05) is 11.6 Å². The molecule has 0 N–H and O–H groups in total. The number of halogens is 1. The summed E-state index contributed by atoms with van der Waals surface area (Å²) in [5.74, 6) is 4.33. The molecule has 4 heteroatoms. The third kappa shape index (κ3) is 1.82. The SMILES string of the molecule is Clc1ccn2c(C3CCSCC3)ncc2c1. The highest BCUT2D eigenvalue weighted by atomic mass is 35.5. The van der Waals surface area contributed by atoms with E-state index in [9.17, 15) is 0 Å². The standard InChI is InChI=1S/C12H13ClN2S/c13-10-1-4-15-11(7-10)8-14-12(15)9-2-5-16-6-3-9/h1,4,7-9H,2-3,5-6H2. The van der Waals surface area contributed by atoms with Crippen molar-refractivity contribution in [3.63, 3.8) is 0 Å². The highest BCUT2D eigenvalue weighted by Gasteiger charge is 2.19. The number of thioether (sulfide) groups is 1. The minimum atomic E-state index is 0.616. The zero-order valence-electron chi connectivity index (χ0n) is 8.90. The fourth-order valence-electron chi connectivity index (χ4n) is 2.25. The first-order chi connectivity index (χ1) is 7.84. The summed E-state index contributed by atoms with van der Waals surface area (Å²) in [5, 5.41) is 0.776. The summed E-state index contributed by atoms with van der Waals surface area (Å²) in [6, 6.07) is 3.90. The highest BCUT2D eigenvalue weighted by Crippen LogP contribution is 2.31. The molecule has 1 aliphatic rings. The Morgan fingerprint density at radius 1 is 1.38 bits per heavy atom. The van der Waals surface area contributed by atoms with Crippen LogP contribution in [0.15, 0.2) is 24.5 Å². The first-order valence-corrected chi connectivity index (χ1v) is 7.08. The molecule has 2 aromatic heterocycles. The molecule has 2 aromatic rings. The second kappa shape index (κ2) is 4.30. The first-order valence-electron chi connectivity index (χ1n) is 5.55. The van der Waals surface area contributed by atoms with E-state index in [4.69, 9.17) is 11.6 Å². The van der Waals surface area contributed by atoms with E-state index in [0.29, 0.717) is 5.92 Å². The van der Waals surface area contributed by atoms with Crippen LogP contribution in [0.1, 0.15) is 24.6 Å². The highest BCUT2D eigenvalue weighted by molar-refractivity contribution is 7.99. The van der Waals surface area contributed by atoms with Gasteiger partial charge in [0.25, 0.3) is 0 Å². The molecule has 16 heavy (non-hydrogen) atoms. The van der Waals surface area contributed by atoms with Crippen LogP contribution in [0.5, 0.6) is 0 Å². The maximum Gasteiger partial charge on any atom is 0.116 e. The second-order valence-corrected chi connectivity index (χ2v) is 5.80. The Kier molecular flexibility index (Phi) is 2.82. The molecule has 3 heterocycles. The van der Waals surface area contributed by atoms with Crippen LogP contribution < -0.4 is 0 Å². The lowest BCUT2D eigenvalue weighted by atomic mass is 10.0. The largest absolute Gasteiger partial charge is 0.303 e. The normalized spacial score (nSPS) is 18.1. The quantitative estimate of drug-likeness (QED) is 0.772. The number of imidazole rings is 1. The molecule has 0 aliphatic carbocycles. The van der Waals surface area contributed by atoms with Crippen molar-refractivity contribution in [3.8, 4) is 0 Å². The Balaban J connectivity index is 2.03. The van der Waals surface area contributed by atoms with Crippen molar-refractivity contribution in [1.82, 2.24) is 9.38 Å². The number of hydrogen-bond acceptors (Lipinski definition) is 2. The van der Waals surface area contributed by atoms with Crippen LogP contribution in [0.25, 0.3) is 5.52 Å². The van der Waals surface area contributed by atoms with E-state index >= 15 is 0 Å². The third-order valence-corrected chi connectivity index (χ3v) is 4.39. The zero-order chi connectivity index (χ0) is 11.0. The smallest absolute Gasteiger partial charge is 0.116 e. The van der Waals surface area contributed by atoms with E-state index in [-0.39, 0.29) is 0 Å². The number of hydrogen-bond donors (Lipinski definition) is 0. The number of pyridine rings is 1. The summed E-state index contributed by atoms with van der Waals surface area (Å²) in [5.41, 5.74) is 1.10. The Hall–Kier alpha value is -0.670. The predicted molar refractivity (Wildman–Crippen MR) is 69.5 cm³/mol. The zero-order valence-corrected chi connectivity index (χ0v) is 10.5. The molecule has 1 fully saturated rings. The lowest BCUT2D eigenvalue weighted by Gasteiger charge is -2.20. The fourth-order valence-corrected chi connectivity index (χ4v) is 3.53. The van der Waals surface area contributed by atoms with E-state index in [2.05, 4.69) is 9.38 Å². The van der Waals surface area contributed by atoms with Crippen LogP contribution in [0, 0.1) is 0 Å². The Labute approximate surface area is 104 Å². The molecule has 0 spiro atoms. The van der Waals surface area contributed by atoms with E-state index in [1.54, 1.807) is 0 Å². The van der Waals surface area contributed by atoms with Gasteiger partial charge in [-0.05, 0) is 36.5 Å². The van der Waals surface area contributed by atoms with E-state index < -0.39 is 0 Å². The van der Waals surface area contributed by atoms with Crippen LogP contribution in [0.2, 0.25) is 5.02 Å². The summed E-state index contributed by atoms with van der Waals surface area (Å²) < 4.78 is 2.17. The molecule has 1 aliphatic heterocycles. The molecular formula is C12H13ClN2S. The molecule has 84 valence electrons. The second-order valence-electron chi connectivity index (χ2n) is 4.14. The van der Waals surface area contributed by atoms with Crippen molar-refractivity contribution in [1.29, 1.82) is 0 Å². The molecule has 0 radical (unpaired) electrons. The third-order valence-electron chi connectivity index (χ3n) is 3.11. The lowest BCUT2D eigenvalue weighted by molar-refractivity contribution is 0.596. The summed E-state index contributed by atoms with van der Waals surface area (Å²) in [4.78, 5) is 4.56. The topological polar surface area (TPSA) is 17.3 Å². The van der Waals surface area contributed by atoms with Gasteiger partial charge in [-0.15, -0.1) is 0 Å². The first kappa shape index (κ1) is 10.5. The number of fused-ring (bicyclic) bond motifs is 1. The molecule has 3 rings (SSSR count). The van der Waals surface area contributed by atoms with Gasteiger partial charge in [0.05, 0.1) is 11.7 Å². The summed E-state index contributed by atoms with van der Waals surface area (Å²) in [6.45, 7) is 0.